The summed E-state index contributed by atoms with van der Waals surface area (Å²) in [4.78, 5) is 24.9. The van der Waals surface area contributed by atoms with Crippen LogP contribution in [-0.4, -0.2) is 41.5 Å². The number of rotatable bonds is 2. The maximum Gasteiger partial charge on any atom is 0.293 e. The third-order valence-corrected chi connectivity index (χ3v) is 3.17. The normalized spacial score (nSPS) is 14.9. The van der Waals surface area contributed by atoms with E-state index < -0.39 is 11.7 Å². The molecule has 0 radical (unpaired) electrons. The largest absolute Gasteiger partial charge is 0.353 e. The van der Waals surface area contributed by atoms with Crippen molar-refractivity contribution in [2.45, 2.75) is 0 Å². The highest BCUT2D eigenvalue weighted by Crippen LogP contribution is 2.20. The summed E-state index contributed by atoms with van der Waals surface area (Å²) in [6, 6.07) is 7.30. The molecule has 0 aliphatic carbocycles. The lowest BCUT2D eigenvalue weighted by atomic mass is 10.1. The van der Waals surface area contributed by atoms with Gasteiger partial charge < -0.3 is 14.7 Å². The first-order chi connectivity index (χ1) is 10.1. The Labute approximate surface area is 119 Å². The van der Waals surface area contributed by atoms with Crippen LogP contribution in [-0.2, 0) is 4.79 Å². The zero-order valence-electron chi connectivity index (χ0n) is 11.0. The number of aromatic nitrogens is 1. The molecule has 108 valence electrons. The fraction of sp³-hybridized carbons (Fsp3) is 0.214. The number of halogens is 1. The molecule has 1 fully saturated rings. The molecule has 0 atom stereocenters. The van der Waals surface area contributed by atoms with E-state index >= 15 is 0 Å². The summed E-state index contributed by atoms with van der Waals surface area (Å²) in [7, 11) is 0. The Balaban J connectivity index is 1.81. The minimum atomic E-state index is -0.403. The van der Waals surface area contributed by atoms with Crippen LogP contribution in [0.1, 0.15) is 10.6 Å². The molecular weight excluding hydrogens is 277 g/mol. The van der Waals surface area contributed by atoms with Crippen LogP contribution in [0.2, 0.25) is 0 Å². The second kappa shape index (κ2) is 5.35. The summed E-state index contributed by atoms with van der Waals surface area (Å²) < 4.78 is 18.2. The van der Waals surface area contributed by atoms with Crippen LogP contribution < -0.4 is 5.32 Å². The first-order valence-corrected chi connectivity index (χ1v) is 6.42. The summed E-state index contributed by atoms with van der Waals surface area (Å²) in [5.74, 6) is -0.973. The van der Waals surface area contributed by atoms with Crippen LogP contribution in [0.5, 0.6) is 0 Å². The summed E-state index contributed by atoms with van der Waals surface area (Å²) >= 11 is 0. The van der Waals surface area contributed by atoms with Gasteiger partial charge in [0.25, 0.3) is 5.91 Å². The predicted octanol–water partition coefficient (Wildman–Crippen LogP) is 1.05. The molecule has 3 rings (SSSR count). The molecule has 1 aromatic carbocycles. The van der Waals surface area contributed by atoms with Crippen molar-refractivity contribution in [1.82, 2.24) is 15.4 Å². The van der Waals surface area contributed by atoms with Crippen molar-refractivity contribution in [3.8, 4) is 11.3 Å². The topological polar surface area (TPSA) is 75.4 Å². The molecule has 2 aromatic rings. The lowest BCUT2D eigenvalue weighted by molar-refractivity contribution is -0.123. The Kier molecular flexibility index (Phi) is 3.39. The Morgan fingerprint density at radius 2 is 2.24 bits per heavy atom. The Morgan fingerprint density at radius 3 is 3.00 bits per heavy atom. The first kappa shape index (κ1) is 13.3. The van der Waals surface area contributed by atoms with Gasteiger partial charge in [-0.2, -0.15) is 0 Å². The van der Waals surface area contributed by atoms with E-state index in [0.29, 0.717) is 24.3 Å². The molecule has 2 amide bonds. The second-order valence-electron chi connectivity index (χ2n) is 4.66. The van der Waals surface area contributed by atoms with Gasteiger partial charge in [0.2, 0.25) is 11.7 Å². The van der Waals surface area contributed by atoms with Crippen LogP contribution in [0.15, 0.2) is 34.9 Å². The van der Waals surface area contributed by atoms with Gasteiger partial charge in [-0.1, -0.05) is 17.3 Å². The van der Waals surface area contributed by atoms with E-state index in [1.165, 1.54) is 23.1 Å². The fourth-order valence-corrected chi connectivity index (χ4v) is 2.13. The second-order valence-corrected chi connectivity index (χ2v) is 4.66. The van der Waals surface area contributed by atoms with Gasteiger partial charge in [-0.05, 0) is 12.1 Å². The van der Waals surface area contributed by atoms with Crippen molar-refractivity contribution in [2.24, 2.45) is 0 Å². The molecule has 0 saturated carbocycles. The fourth-order valence-electron chi connectivity index (χ4n) is 2.13. The number of amides is 2. The smallest absolute Gasteiger partial charge is 0.293 e. The van der Waals surface area contributed by atoms with Crippen molar-refractivity contribution < 1.29 is 18.5 Å². The predicted molar refractivity (Wildman–Crippen MR) is 70.8 cm³/mol. The molecule has 2 heterocycles. The average molecular weight is 289 g/mol. The number of benzene rings is 1. The SMILES string of the molecule is O=C1CN(C(=O)c2cc(-c3cccc(F)c3)no2)CCN1. The van der Waals surface area contributed by atoms with E-state index in [0.717, 1.165) is 0 Å². The third kappa shape index (κ3) is 2.76. The molecule has 0 unspecified atom stereocenters. The summed E-state index contributed by atoms with van der Waals surface area (Å²) in [5.41, 5.74) is 0.897. The van der Waals surface area contributed by atoms with E-state index in [9.17, 15) is 14.0 Å². The van der Waals surface area contributed by atoms with E-state index in [1.54, 1.807) is 12.1 Å². The standard InChI is InChI=1S/C14H12FN3O3/c15-10-3-1-2-9(6-10)11-7-12(21-17-11)14(20)18-5-4-16-13(19)8-18/h1-3,6-7H,4-5,8H2,(H,16,19). The highest BCUT2D eigenvalue weighted by Gasteiger charge is 2.25. The monoisotopic (exact) mass is 289 g/mol. The van der Waals surface area contributed by atoms with Crippen LogP contribution in [0, 0.1) is 5.82 Å². The number of nitrogens with zero attached hydrogens (tertiary/aromatic N) is 2. The zero-order chi connectivity index (χ0) is 14.8. The van der Waals surface area contributed by atoms with Gasteiger partial charge in [0, 0.05) is 24.7 Å². The minimum Gasteiger partial charge on any atom is -0.353 e. The van der Waals surface area contributed by atoms with Gasteiger partial charge in [-0.3, -0.25) is 9.59 Å². The minimum absolute atomic E-state index is 0.00513. The lowest BCUT2D eigenvalue weighted by Crippen LogP contribution is -2.49. The number of hydrogen-bond donors (Lipinski definition) is 1. The van der Waals surface area contributed by atoms with Crippen molar-refractivity contribution in [3.63, 3.8) is 0 Å². The Bertz CT molecular complexity index is 698. The molecule has 21 heavy (non-hydrogen) atoms. The number of hydrogen-bond acceptors (Lipinski definition) is 4. The molecule has 6 nitrogen and oxygen atoms in total. The third-order valence-electron chi connectivity index (χ3n) is 3.17. The van der Waals surface area contributed by atoms with E-state index in [2.05, 4.69) is 10.5 Å². The number of carbonyl (C=O) groups excluding carboxylic acids is 2. The van der Waals surface area contributed by atoms with E-state index in [4.69, 9.17) is 4.52 Å². The quantitative estimate of drug-likeness (QED) is 0.896. The number of piperazine rings is 1. The molecule has 0 spiro atoms. The maximum atomic E-state index is 13.2. The zero-order valence-corrected chi connectivity index (χ0v) is 11.0. The molecule has 1 aliphatic heterocycles. The van der Waals surface area contributed by atoms with E-state index in [-0.39, 0.29) is 18.2 Å². The molecule has 1 N–H and O–H groups in total. The summed E-state index contributed by atoms with van der Waals surface area (Å²) in [6.45, 7) is 0.824. The summed E-state index contributed by atoms with van der Waals surface area (Å²) in [5, 5.41) is 6.41. The molecule has 1 saturated heterocycles. The molecule has 1 aliphatic rings. The van der Waals surface area contributed by atoms with Crippen LogP contribution >= 0.6 is 0 Å². The number of nitrogens with one attached hydrogen (secondary N) is 1. The lowest BCUT2D eigenvalue weighted by Gasteiger charge is -2.25. The average Bonchev–Trinajstić information content (AvgIpc) is 2.96. The molecule has 1 aromatic heterocycles. The van der Waals surface area contributed by atoms with Crippen molar-refractivity contribution in [1.29, 1.82) is 0 Å². The van der Waals surface area contributed by atoms with Crippen molar-refractivity contribution in [2.75, 3.05) is 19.6 Å². The van der Waals surface area contributed by atoms with Crippen LogP contribution in [0.3, 0.4) is 0 Å². The van der Waals surface area contributed by atoms with Gasteiger partial charge in [0.15, 0.2) is 0 Å². The maximum absolute atomic E-state index is 13.2. The summed E-state index contributed by atoms with van der Waals surface area (Å²) in [6.07, 6.45) is 0. The highest BCUT2D eigenvalue weighted by molar-refractivity contribution is 5.95. The van der Waals surface area contributed by atoms with Crippen LogP contribution in [0.4, 0.5) is 4.39 Å². The highest BCUT2D eigenvalue weighted by atomic mass is 19.1. The van der Waals surface area contributed by atoms with Crippen LogP contribution in [0.25, 0.3) is 11.3 Å². The van der Waals surface area contributed by atoms with Gasteiger partial charge in [-0.25, -0.2) is 4.39 Å². The van der Waals surface area contributed by atoms with Crippen molar-refractivity contribution >= 4 is 11.8 Å². The van der Waals surface area contributed by atoms with Gasteiger partial charge in [-0.15, -0.1) is 0 Å². The van der Waals surface area contributed by atoms with Gasteiger partial charge >= 0.3 is 0 Å². The molecular formula is C14H12FN3O3. The molecule has 7 heteroatoms. The number of carbonyl (C=O) groups is 2. The molecule has 0 bridgehead atoms. The first-order valence-electron chi connectivity index (χ1n) is 6.42. The van der Waals surface area contributed by atoms with Gasteiger partial charge in [0.1, 0.15) is 18.1 Å². The Hall–Kier alpha value is -2.70. The van der Waals surface area contributed by atoms with Gasteiger partial charge in [0.05, 0.1) is 0 Å². The van der Waals surface area contributed by atoms with E-state index in [1.807, 2.05) is 0 Å². The van der Waals surface area contributed by atoms with Crippen molar-refractivity contribution in [3.05, 3.63) is 41.9 Å². The Morgan fingerprint density at radius 1 is 1.38 bits per heavy atom.